The van der Waals surface area contributed by atoms with Crippen LogP contribution in [0, 0.1) is 11.8 Å². The van der Waals surface area contributed by atoms with E-state index in [1.54, 1.807) is 0 Å². The van der Waals surface area contributed by atoms with Gasteiger partial charge in [0.15, 0.2) is 0 Å². The quantitative estimate of drug-likeness (QED) is 0.184. The SMILES string of the molecule is CC[C@H]1/C(c2ccc3c(ccc4ccccc43)c2)=C/CC(C)C(c2cc3oc4ccccc4c3cc2Cl)=NC1c1ccccc1. The van der Waals surface area contributed by atoms with Gasteiger partial charge in [0.2, 0.25) is 0 Å². The second-order valence-corrected chi connectivity index (χ2v) is 12.7. The molecule has 1 aromatic heterocycles. The van der Waals surface area contributed by atoms with Gasteiger partial charge in [0, 0.05) is 33.9 Å². The summed E-state index contributed by atoms with van der Waals surface area (Å²) >= 11 is 7.10. The zero-order chi connectivity index (χ0) is 30.5. The van der Waals surface area contributed by atoms with Gasteiger partial charge in [-0.05, 0) is 75.4 Å². The number of hydrogen-bond donors (Lipinski definition) is 0. The number of allylic oxidation sites excluding steroid dienone is 1. The molecule has 0 bridgehead atoms. The second-order valence-electron chi connectivity index (χ2n) is 12.3. The molecule has 0 amide bonds. The molecule has 0 saturated heterocycles. The Kier molecular flexibility index (Phi) is 7.03. The molecule has 1 aliphatic heterocycles. The van der Waals surface area contributed by atoms with Gasteiger partial charge in [0.05, 0.1) is 11.1 Å². The average molecular weight is 604 g/mol. The van der Waals surface area contributed by atoms with Gasteiger partial charge < -0.3 is 4.42 Å². The van der Waals surface area contributed by atoms with Gasteiger partial charge in [-0.3, -0.25) is 4.99 Å². The summed E-state index contributed by atoms with van der Waals surface area (Å²) < 4.78 is 6.30. The highest BCUT2D eigenvalue weighted by atomic mass is 35.5. The molecule has 2 heterocycles. The minimum Gasteiger partial charge on any atom is -0.456 e. The molecule has 2 unspecified atom stereocenters. The predicted octanol–water partition coefficient (Wildman–Crippen LogP) is 12.2. The first kappa shape index (κ1) is 27.9. The Hall–Kier alpha value is -4.66. The summed E-state index contributed by atoms with van der Waals surface area (Å²) in [6, 6.07) is 43.1. The fraction of sp³-hybridized carbons (Fsp3) is 0.167. The van der Waals surface area contributed by atoms with E-state index in [0.717, 1.165) is 46.1 Å². The molecule has 2 nitrogen and oxygen atoms in total. The topological polar surface area (TPSA) is 25.5 Å². The molecular formula is C42H34ClNO. The van der Waals surface area contributed by atoms with Crippen LogP contribution in [-0.2, 0) is 0 Å². The van der Waals surface area contributed by atoms with Gasteiger partial charge in [-0.25, -0.2) is 0 Å². The van der Waals surface area contributed by atoms with E-state index in [9.17, 15) is 0 Å². The van der Waals surface area contributed by atoms with Crippen LogP contribution in [0.5, 0.6) is 0 Å². The lowest BCUT2D eigenvalue weighted by Crippen LogP contribution is -2.22. The minimum absolute atomic E-state index is 0.0602. The number of para-hydroxylation sites is 1. The van der Waals surface area contributed by atoms with Crippen molar-refractivity contribution in [3.63, 3.8) is 0 Å². The molecule has 3 heteroatoms. The molecule has 1 aliphatic rings. The lowest BCUT2D eigenvalue weighted by molar-refractivity contribution is 0.514. The van der Waals surface area contributed by atoms with Crippen molar-refractivity contribution >= 4 is 66.4 Å². The van der Waals surface area contributed by atoms with E-state index in [1.165, 1.54) is 38.2 Å². The average Bonchev–Trinajstić information content (AvgIpc) is 3.44. The van der Waals surface area contributed by atoms with Gasteiger partial charge in [-0.15, -0.1) is 0 Å². The summed E-state index contributed by atoms with van der Waals surface area (Å²) in [4.78, 5) is 5.66. The number of furan rings is 1. The summed E-state index contributed by atoms with van der Waals surface area (Å²) in [6.45, 7) is 4.56. The first-order chi connectivity index (χ1) is 22.1. The standard InChI is InChI=1S/C42H34ClNO/c1-3-31-33(30-20-22-34-29(23-30)19-18-27-11-7-8-14-32(27)34)21-17-26(2)41(44-42(31)28-12-5-4-6-13-28)37-25-40-36(24-38(37)43)35-15-9-10-16-39(35)45-40/h4-16,18-26,31,42H,3,17H2,1-2H3/b33-21+,44-41?/t26?,31-,42?/m0/s1. The van der Waals surface area contributed by atoms with Gasteiger partial charge in [-0.2, -0.15) is 0 Å². The maximum atomic E-state index is 7.10. The Labute approximate surface area is 268 Å². The fourth-order valence-electron chi connectivity index (χ4n) is 7.30. The molecule has 220 valence electrons. The number of halogens is 1. The normalized spacial score (nSPS) is 20.2. The molecule has 0 radical (unpaired) electrons. The van der Waals surface area contributed by atoms with Crippen LogP contribution in [0.25, 0.3) is 49.1 Å². The molecule has 0 saturated carbocycles. The number of hydrogen-bond acceptors (Lipinski definition) is 2. The molecule has 3 atom stereocenters. The minimum atomic E-state index is -0.0602. The molecule has 8 rings (SSSR count). The lowest BCUT2D eigenvalue weighted by atomic mass is 9.78. The first-order valence-corrected chi connectivity index (χ1v) is 16.3. The third kappa shape index (κ3) is 4.85. The summed E-state index contributed by atoms with van der Waals surface area (Å²) in [7, 11) is 0. The Morgan fingerprint density at radius 1 is 0.711 bits per heavy atom. The zero-order valence-electron chi connectivity index (χ0n) is 25.5. The van der Waals surface area contributed by atoms with Crippen molar-refractivity contribution in [3.05, 3.63) is 149 Å². The van der Waals surface area contributed by atoms with Gasteiger partial charge in [-0.1, -0.05) is 129 Å². The first-order valence-electron chi connectivity index (χ1n) is 15.9. The molecular weight excluding hydrogens is 570 g/mol. The maximum absolute atomic E-state index is 7.10. The number of rotatable bonds is 4. The van der Waals surface area contributed by atoms with Crippen molar-refractivity contribution < 1.29 is 4.42 Å². The summed E-state index contributed by atoms with van der Waals surface area (Å²) in [6.07, 6.45) is 4.30. The van der Waals surface area contributed by atoms with Crippen LogP contribution in [0.2, 0.25) is 5.02 Å². The highest BCUT2D eigenvalue weighted by molar-refractivity contribution is 6.35. The molecule has 45 heavy (non-hydrogen) atoms. The molecule has 0 N–H and O–H groups in total. The molecule has 0 aliphatic carbocycles. The summed E-state index contributed by atoms with van der Waals surface area (Å²) in [5.41, 5.74) is 7.58. The van der Waals surface area contributed by atoms with Crippen LogP contribution < -0.4 is 0 Å². The van der Waals surface area contributed by atoms with E-state index in [-0.39, 0.29) is 17.9 Å². The van der Waals surface area contributed by atoms with Crippen LogP contribution in [0.1, 0.15) is 49.4 Å². The Morgan fingerprint density at radius 2 is 1.44 bits per heavy atom. The fourth-order valence-corrected chi connectivity index (χ4v) is 7.57. The van der Waals surface area contributed by atoms with E-state index >= 15 is 0 Å². The van der Waals surface area contributed by atoms with Crippen molar-refractivity contribution in [2.45, 2.75) is 32.7 Å². The number of fused-ring (bicyclic) bond motifs is 6. The van der Waals surface area contributed by atoms with Crippen LogP contribution in [0.4, 0.5) is 0 Å². The number of aliphatic imine (C=N–C) groups is 1. The van der Waals surface area contributed by atoms with Crippen LogP contribution >= 0.6 is 11.6 Å². The highest BCUT2D eigenvalue weighted by Crippen LogP contribution is 2.44. The Morgan fingerprint density at radius 3 is 2.29 bits per heavy atom. The van der Waals surface area contributed by atoms with Crippen LogP contribution in [0.15, 0.2) is 137 Å². The van der Waals surface area contributed by atoms with Crippen LogP contribution in [-0.4, -0.2) is 5.71 Å². The maximum Gasteiger partial charge on any atom is 0.136 e. The second kappa shape index (κ2) is 11.4. The Bertz CT molecular complexity index is 2280. The zero-order valence-corrected chi connectivity index (χ0v) is 26.3. The molecule has 0 fully saturated rings. The molecule has 6 aromatic carbocycles. The third-order valence-corrected chi connectivity index (χ3v) is 9.93. The monoisotopic (exact) mass is 603 g/mol. The van der Waals surface area contributed by atoms with E-state index in [0.29, 0.717) is 5.02 Å². The van der Waals surface area contributed by atoms with Crippen LogP contribution in [0.3, 0.4) is 0 Å². The van der Waals surface area contributed by atoms with E-state index in [1.807, 2.05) is 18.2 Å². The number of nitrogens with zero attached hydrogens (tertiary/aromatic N) is 1. The lowest BCUT2D eigenvalue weighted by Gasteiger charge is -2.31. The summed E-state index contributed by atoms with van der Waals surface area (Å²) in [5.74, 6) is 0.356. The number of benzene rings is 6. The van der Waals surface area contributed by atoms with Gasteiger partial charge in [0.25, 0.3) is 0 Å². The van der Waals surface area contributed by atoms with Gasteiger partial charge in [0.1, 0.15) is 11.2 Å². The smallest absolute Gasteiger partial charge is 0.136 e. The Balaban J connectivity index is 1.28. The summed E-state index contributed by atoms with van der Waals surface area (Å²) in [5, 5.41) is 7.96. The van der Waals surface area contributed by atoms with Crippen molar-refractivity contribution in [1.29, 1.82) is 0 Å². The van der Waals surface area contributed by atoms with E-state index < -0.39 is 0 Å². The highest BCUT2D eigenvalue weighted by Gasteiger charge is 2.30. The van der Waals surface area contributed by atoms with E-state index in [2.05, 4.69) is 123 Å². The molecule has 7 aromatic rings. The van der Waals surface area contributed by atoms with Crippen molar-refractivity contribution in [3.8, 4) is 0 Å². The van der Waals surface area contributed by atoms with Crippen molar-refractivity contribution in [2.75, 3.05) is 0 Å². The van der Waals surface area contributed by atoms with E-state index in [4.69, 9.17) is 21.0 Å². The van der Waals surface area contributed by atoms with Crippen molar-refractivity contribution in [2.24, 2.45) is 16.8 Å². The van der Waals surface area contributed by atoms with Gasteiger partial charge >= 0.3 is 0 Å². The largest absolute Gasteiger partial charge is 0.456 e. The molecule has 0 spiro atoms. The predicted molar refractivity (Wildman–Crippen MR) is 191 cm³/mol. The third-order valence-electron chi connectivity index (χ3n) is 9.62. The van der Waals surface area contributed by atoms with Crippen molar-refractivity contribution in [1.82, 2.24) is 0 Å².